The maximum Gasteiger partial charge on any atom is 0.268 e. The van der Waals surface area contributed by atoms with E-state index in [9.17, 15) is 4.79 Å². The van der Waals surface area contributed by atoms with Crippen LogP contribution in [0.3, 0.4) is 0 Å². The molecule has 2 aromatic rings. The van der Waals surface area contributed by atoms with Gasteiger partial charge in [0, 0.05) is 29.5 Å². The Morgan fingerprint density at radius 3 is 2.90 bits per heavy atom. The number of anilines is 1. The molecule has 1 heterocycles. The number of halogens is 1. The number of benzene rings is 1. The molecule has 0 bridgehead atoms. The average Bonchev–Trinajstić information content (AvgIpc) is 2.74. The number of aromatic nitrogens is 1. The number of carbonyl (C=O) groups is 1. The van der Waals surface area contributed by atoms with Gasteiger partial charge in [0.1, 0.15) is 18.1 Å². The standard InChI is InChI=1S/C14H16BrN3O2/c1-18-9-10(15)7-13(18)14(19)17-5-6-20-12-4-2-3-11(16)8-12/h2-4,7-9H,5-6,16H2,1H3,(H,17,19). The lowest BCUT2D eigenvalue weighted by Crippen LogP contribution is -2.29. The summed E-state index contributed by atoms with van der Waals surface area (Å²) in [5, 5.41) is 2.80. The SMILES string of the molecule is Cn1cc(Br)cc1C(=O)NCCOc1cccc(N)c1. The number of rotatable bonds is 5. The first kappa shape index (κ1) is 14.5. The summed E-state index contributed by atoms with van der Waals surface area (Å²) in [6.07, 6.45) is 1.83. The zero-order chi connectivity index (χ0) is 14.5. The van der Waals surface area contributed by atoms with E-state index in [0.29, 0.717) is 30.3 Å². The van der Waals surface area contributed by atoms with Crippen LogP contribution in [0.5, 0.6) is 5.75 Å². The highest BCUT2D eigenvalue weighted by atomic mass is 79.9. The molecule has 2 rings (SSSR count). The molecule has 0 atom stereocenters. The van der Waals surface area contributed by atoms with Gasteiger partial charge in [0.25, 0.3) is 5.91 Å². The van der Waals surface area contributed by atoms with Crippen molar-refractivity contribution in [2.24, 2.45) is 7.05 Å². The zero-order valence-electron chi connectivity index (χ0n) is 11.1. The Hall–Kier alpha value is -1.95. The third kappa shape index (κ3) is 3.77. The summed E-state index contributed by atoms with van der Waals surface area (Å²) in [6, 6.07) is 8.96. The maximum atomic E-state index is 11.9. The van der Waals surface area contributed by atoms with E-state index in [1.54, 1.807) is 22.8 Å². The Morgan fingerprint density at radius 1 is 1.45 bits per heavy atom. The van der Waals surface area contributed by atoms with Gasteiger partial charge in [-0.25, -0.2) is 0 Å². The molecule has 0 aliphatic carbocycles. The van der Waals surface area contributed by atoms with Gasteiger partial charge in [0.05, 0.1) is 6.54 Å². The van der Waals surface area contributed by atoms with E-state index in [2.05, 4.69) is 21.2 Å². The van der Waals surface area contributed by atoms with Crippen LogP contribution < -0.4 is 15.8 Å². The fourth-order valence-corrected chi connectivity index (χ4v) is 2.30. The van der Waals surface area contributed by atoms with Crippen LogP contribution in [0.25, 0.3) is 0 Å². The van der Waals surface area contributed by atoms with Crippen LogP contribution in [0.4, 0.5) is 5.69 Å². The summed E-state index contributed by atoms with van der Waals surface area (Å²) in [7, 11) is 1.82. The Labute approximate surface area is 125 Å². The minimum atomic E-state index is -0.130. The average molecular weight is 338 g/mol. The van der Waals surface area contributed by atoms with Gasteiger partial charge in [-0.1, -0.05) is 6.07 Å². The first-order valence-electron chi connectivity index (χ1n) is 6.14. The van der Waals surface area contributed by atoms with Crippen molar-refractivity contribution in [2.75, 3.05) is 18.9 Å². The molecule has 0 spiro atoms. The van der Waals surface area contributed by atoms with Crippen LogP contribution in [0.2, 0.25) is 0 Å². The molecule has 1 aromatic heterocycles. The number of carbonyl (C=O) groups excluding carboxylic acids is 1. The lowest BCUT2D eigenvalue weighted by atomic mass is 10.3. The molecule has 0 radical (unpaired) electrons. The molecule has 20 heavy (non-hydrogen) atoms. The second-order valence-electron chi connectivity index (χ2n) is 4.33. The predicted octanol–water partition coefficient (Wildman–Crippen LogP) is 2.18. The van der Waals surface area contributed by atoms with Gasteiger partial charge in [-0.15, -0.1) is 0 Å². The number of amides is 1. The molecular formula is C14H16BrN3O2. The molecule has 0 aliphatic rings. The largest absolute Gasteiger partial charge is 0.492 e. The molecule has 6 heteroatoms. The minimum Gasteiger partial charge on any atom is -0.492 e. The van der Waals surface area contributed by atoms with Crippen LogP contribution in [0, 0.1) is 0 Å². The lowest BCUT2D eigenvalue weighted by Gasteiger charge is -2.08. The van der Waals surface area contributed by atoms with Crippen LogP contribution in [-0.4, -0.2) is 23.6 Å². The van der Waals surface area contributed by atoms with Crippen molar-refractivity contribution in [1.29, 1.82) is 0 Å². The summed E-state index contributed by atoms with van der Waals surface area (Å²) >= 11 is 3.33. The minimum absolute atomic E-state index is 0.130. The Balaban J connectivity index is 1.79. The van der Waals surface area contributed by atoms with Crippen molar-refractivity contribution in [1.82, 2.24) is 9.88 Å². The van der Waals surface area contributed by atoms with Crippen molar-refractivity contribution < 1.29 is 9.53 Å². The first-order chi connectivity index (χ1) is 9.56. The van der Waals surface area contributed by atoms with E-state index >= 15 is 0 Å². The van der Waals surface area contributed by atoms with E-state index in [1.807, 2.05) is 25.4 Å². The molecule has 5 nitrogen and oxygen atoms in total. The number of aryl methyl sites for hydroxylation is 1. The second-order valence-corrected chi connectivity index (χ2v) is 5.25. The van der Waals surface area contributed by atoms with E-state index in [1.165, 1.54) is 0 Å². The summed E-state index contributed by atoms with van der Waals surface area (Å²) < 4.78 is 8.14. The molecule has 0 fully saturated rings. The molecule has 3 N–H and O–H groups in total. The van der Waals surface area contributed by atoms with Gasteiger partial charge in [0.2, 0.25) is 0 Å². The van der Waals surface area contributed by atoms with Crippen molar-refractivity contribution in [3.63, 3.8) is 0 Å². The van der Waals surface area contributed by atoms with Crippen LogP contribution in [0.1, 0.15) is 10.5 Å². The topological polar surface area (TPSA) is 69.3 Å². The van der Waals surface area contributed by atoms with E-state index < -0.39 is 0 Å². The summed E-state index contributed by atoms with van der Waals surface area (Å²) in [6.45, 7) is 0.817. The molecule has 0 unspecified atom stereocenters. The number of ether oxygens (including phenoxy) is 1. The smallest absolute Gasteiger partial charge is 0.268 e. The number of nitrogens with zero attached hydrogens (tertiary/aromatic N) is 1. The quantitative estimate of drug-likeness (QED) is 0.649. The monoisotopic (exact) mass is 337 g/mol. The molecule has 0 aliphatic heterocycles. The van der Waals surface area contributed by atoms with Gasteiger partial charge in [-0.05, 0) is 34.1 Å². The van der Waals surface area contributed by atoms with Crippen LogP contribution >= 0.6 is 15.9 Å². The third-order valence-electron chi connectivity index (χ3n) is 2.72. The van der Waals surface area contributed by atoms with Gasteiger partial charge < -0.3 is 20.4 Å². The maximum absolute atomic E-state index is 11.9. The number of hydrogen-bond acceptors (Lipinski definition) is 3. The molecule has 1 amide bonds. The van der Waals surface area contributed by atoms with Crippen molar-refractivity contribution in [3.05, 3.63) is 46.7 Å². The van der Waals surface area contributed by atoms with E-state index in [-0.39, 0.29) is 5.91 Å². The predicted molar refractivity (Wildman–Crippen MR) is 81.8 cm³/mol. The summed E-state index contributed by atoms with van der Waals surface area (Å²) in [5.74, 6) is 0.565. The molecular weight excluding hydrogens is 322 g/mol. The van der Waals surface area contributed by atoms with E-state index in [0.717, 1.165) is 4.47 Å². The highest BCUT2D eigenvalue weighted by molar-refractivity contribution is 9.10. The molecule has 0 saturated carbocycles. The molecule has 1 aromatic carbocycles. The van der Waals surface area contributed by atoms with Gasteiger partial charge in [-0.2, -0.15) is 0 Å². The van der Waals surface area contributed by atoms with Gasteiger partial charge in [-0.3, -0.25) is 4.79 Å². The van der Waals surface area contributed by atoms with Crippen molar-refractivity contribution >= 4 is 27.5 Å². The van der Waals surface area contributed by atoms with E-state index in [4.69, 9.17) is 10.5 Å². The number of hydrogen-bond donors (Lipinski definition) is 2. The molecule has 0 saturated heterocycles. The highest BCUT2D eigenvalue weighted by Crippen LogP contribution is 2.14. The fourth-order valence-electron chi connectivity index (χ4n) is 1.78. The summed E-state index contributed by atoms with van der Waals surface area (Å²) in [5.41, 5.74) is 6.90. The molecule has 106 valence electrons. The Morgan fingerprint density at radius 2 is 2.25 bits per heavy atom. The number of nitrogen functional groups attached to an aromatic ring is 1. The van der Waals surface area contributed by atoms with Crippen LogP contribution in [0.15, 0.2) is 41.0 Å². The van der Waals surface area contributed by atoms with Gasteiger partial charge >= 0.3 is 0 Å². The van der Waals surface area contributed by atoms with Gasteiger partial charge in [0.15, 0.2) is 0 Å². The Kier molecular flexibility index (Phi) is 4.68. The summed E-state index contributed by atoms with van der Waals surface area (Å²) in [4.78, 5) is 11.9. The third-order valence-corrected chi connectivity index (χ3v) is 3.15. The van der Waals surface area contributed by atoms with Crippen LogP contribution in [-0.2, 0) is 7.05 Å². The highest BCUT2D eigenvalue weighted by Gasteiger charge is 2.10. The number of nitrogens with two attached hydrogens (primary N) is 1. The zero-order valence-corrected chi connectivity index (χ0v) is 12.7. The normalized spacial score (nSPS) is 10.3. The second kappa shape index (κ2) is 6.47. The van der Waals surface area contributed by atoms with Crippen molar-refractivity contribution in [3.8, 4) is 5.75 Å². The number of nitrogens with one attached hydrogen (secondary N) is 1. The Bertz CT molecular complexity index is 610. The van der Waals surface area contributed by atoms with Crippen molar-refractivity contribution in [2.45, 2.75) is 0 Å². The first-order valence-corrected chi connectivity index (χ1v) is 6.94. The fraction of sp³-hybridized carbons (Fsp3) is 0.214. The lowest BCUT2D eigenvalue weighted by molar-refractivity contribution is 0.0939.